The number of ether oxygens (including phenoxy) is 2. The largest absolute Gasteiger partial charge is 0.379 e. The Morgan fingerprint density at radius 1 is 1.40 bits per heavy atom. The molecule has 25 heavy (non-hydrogen) atoms. The van der Waals surface area contributed by atoms with E-state index in [0.717, 1.165) is 24.1 Å². The van der Waals surface area contributed by atoms with Gasteiger partial charge in [0.15, 0.2) is 0 Å². The normalized spacial score (nSPS) is 23.5. The zero-order valence-corrected chi connectivity index (χ0v) is 15.1. The quantitative estimate of drug-likeness (QED) is 0.799. The van der Waals surface area contributed by atoms with Gasteiger partial charge in [0.1, 0.15) is 5.75 Å². The molecule has 0 radical (unpaired) electrons. The van der Waals surface area contributed by atoms with Gasteiger partial charge < -0.3 is 14.4 Å². The molecule has 1 saturated heterocycles. The molecule has 0 aromatic heterocycles. The van der Waals surface area contributed by atoms with Gasteiger partial charge in [0.2, 0.25) is 15.9 Å². The molecule has 1 amide bonds. The number of nitrogens with one attached hydrogen (secondary N) is 1. The van der Waals surface area contributed by atoms with E-state index < -0.39 is 21.7 Å². The lowest BCUT2D eigenvalue weighted by Crippen LogP contribution is -2.47. The molecule has 2 aliphatic heterocycles. The second kappa shape index (κ2) is 7.82. The predicted octanol–water partition coefficient (Wildman–Crippen LogP) is 0.689. The first-order valence-electron chi connectivity index (χ1n) is 8.48. The summed E-state index contributed by atoms with van der Waals surface area (Å²) in [5, 5.41) is 0. The summed E-state index contributed by atoms with van der Waals surface area (Å²) in [5.41, 5.74) is 1.74. The molecule has 2 aliphatic rings. The van der Waals surface area contributed by atoms with Crippen molar-refractivity contribution in [3.63, 3.8) is 0 Å². The minimum atomic E-state index is -3.71. The fraction of sp³-hybridized carbons (Fsp3) is 0.588. The lowest BCUT2D eigenvalue weighted by atomic mass is 9.99. The smallest absolute Gasteiger partial charge is 0.243 e. The molecule has 2 atom stereocenters. The summed E-state index contributed by atoms with van der Waals surface area (Å²) in [6.45, 7) is 1.23. The highest BCUT2D eigenvalue weighted by Crippen LogP contribution is 2.28. The van der Waals surface area contributed by atoms with Gasteiger partial charge in [-0.2, -0.15) is 0 Å². The number of sulfonamides is 1. The van der Waals surface area contributed by atoms with Crippen molar-refractivity contribution in [3.05, 3.63) is 29.8 Å². The molecule has 1 aromatic rings. The van der Waals surface area contributed by atoms with Gasteiger partial charge in [0, 0.05) is 32.4 Å². The van der Waals surface area contributed by atoms with Crippen molar-refractivity contribution in [3.8, 4) is 0 Å². The third kappa shape index (κ3) is 4.58. The summed E-state index contributed by atoms with van der Waals surface area (Å²) in [7, 11) is -2.11. The van der Waals surface area contributed by atoms with Crippen LogP contribution in [-0.2, 0) is 30.7 Å². The Kier molecular flexibility index (Phi) is 5.73. The average molecular weight is 368 g/mol. The summed E-state index contributed by atoms with van der Waals surface area (Å²) >= 11 is 0. The van der Waals surface area contributed by atoms with Crippen molar-refractivity contribution in [2.24, 2.45) is 0 Å². The molecule has 1 N–H and O–H groups in total. The Morgan fingerprint density at radius 2 is 2.20 bits per heavy atom. The van der Waals surface area contributed by atoms with Gasteiger partial charge in [-0.15, -0.1) is 0 Å². The van der Waals surface area contributed by atoms with Crippen molar-refractivity contribution in [2.75, 3.05) is 37.5 Å². The lowest BCUT2D eigenvalue weighted by molar-refractivity contribution is -0.116. The summed E-state index contributed by atoms with van der Waals surface area (Å²) in [6.07, 6.45) is 2.25. The van der Waals surface area contributed by atoms with Gasteiger partial charge >= 0.3 is 0 Å². The first-order valence-corrected chi connectivity index (χ1v) is 10.1. The highest BCUT2D eigenvalue weighted by Gasteiger charge is 2.31. The number of amides is 1. The molecule has 2 unspecified atom stereocenters. The fourth-order valence-electron chi connectivity index (χ4n) is 3.27. The number of fused-ring (bicyclic) bond motifs is 1. The van der Waals surface area contributed by atoms with Crippen LogP contribution in [0.1, 0.15) is 18.4 Å². The predicted molar refractivity (Wildman–Crippen MR) is 94.1 cm³/mol. The number of rotatable bonds is 6. The summed E-state index contributed by atoms with van der Waals surface area (Å²) in [5.74, 6) is -1.03. The number of hydrogen-bond acceptors (Lipinski definition) is 5. The van der Waals surface area contributed by atoms with E-state index in [-0.39, 0.29) is 18.8 Å². The van der Waals surface area contributed by atoms with E-state index in [1.165, 1.54) is 4.90 Å². The maximum absolute atomic E-state index is 12.7. The zero-order chi connectivity index (χ0) is 17.9. The molecule has 0 spiro atoms. The summed E-state index contributed by atoms with van der Waals surface area (Å²) < 4.78 is 37.8. The minimum Gasteiger partial charge on any atom is -0.379 e. The van der Waals surface area contributed by atoms with Crippen molar-refractivity contribution < 1.29 is 22.7 Å². The first kappa shape index (κ1) is 18.3. The molecule has 8 heteroatoms. The van der Waals surface area contributed by atoms with Gasteiger partial charge in [0.25, 0.3) is 0 Å². The van der Waals surface area contributed by atoms with Crippen LogP contribution < -0.4 is 9.62 Å². The number of hydrogen-bond donors (Lipinski definition) is 1. The van der Waals surface area contributed by atoms with Gasteiger partial charge in [0.05, 0.1) is 18.8 Å². The molecule has 1 fully saturated rings. The van der Waals surface area contributed by atoms with Crippen LogP contribution in [0.2, 0.25) is 0 Å². The van der Waals surface area contributed by atoms with E-state index in [4.69, 9.17) is 9.47 Å². The molecule has 0 bridgehead atoms. The van der Waals surface area contributed by atoms with Crippen LogP contribution in [0, 0.1) is 0 Å². The van der Waals surface area contributed by atoms with Gasteiger partial charge in [-0.05, 0) is 24.5 Å². The molecule has 3 rings (SSSR count). The Balaban J connectivity index is 1.67. The molecule has 138 valence electrons. The maximum Gasteiger partial charge on any atom is 0.243 e. The highest BCUT2D eigenvalue weighted by atomic mass is 32.2. The molecular formula is C17H24N2O5S. The van der Waals surface area contributed by atoms with E-state index >= 15 is 0 Å². The second-order valence-corrected chi connectivity index (χ2v) is 8.24. The Hall–Kier alpha value is -1.48. The molecular weight excluding hydrogens is 344 g/mol. The van der Waals surface area contributed by atoms with Crippen LogP contribution in [0.25, 0.3) is 0 Å². The Labute approximate surface area is 148 Å². The van der Waals surface area contributed by atoms with Crippen molar-refractivity contribution in [1.29, 1.82) is 0 Å². The first-order chi connectivity index (χ1) is 12.0. The van der Waals surface area contributed by atoms with E-state index in [1.54, 1.807) is 7.11 Å². The number of methoxy groups -OCH3 is 1. The maximum atomic E-state index is 12.7. The number of carbonyl (C=O) groups excluding carboxylic acids is 1. The van der Waals surface area contributed by atoms with Crippen molar-refractivity contribution in [2.45, 2.75) is 31.5 Å². The third-order valence-electron chi connectivity index (χ3n) is 4.62. The van der Waals surface area contributed by atoms with Crippen LogP contribution in [0.4, 0.5) is 5.69 Å². The van der Waals surface area contributed by atoms with Crippen LogP contribution in [-0.4, -0.2) is 59.1 Å². The Morgan fingerprint density at radius 3 is 2.92 bits per heavy atom. The second-order valence-electron chi connectivity index (χ2n) is 6.44. The zero-order valence-electron chi connectivity index (χ0n) is 14.3. The van der Waals surface area contributed by atoms with E-state index in [2.05, 4.69) is 4.72 Å². The van der Waals surface area contributed by atoms with Gasteiger partial charge in [-0.3, -0.25) is 4.79 Å². The van der Waals surface area contributed by atoms with Crippen LogP contribution in [0.5, 0.6) is 0 Å². The summed E-state index contributed by atoms with van der Waals surface area (Å²) in [6, 6.07) is 7.52. The van der Waals surface area contributed by atoms with Crippen molar-refractivity contribution in [1.82, 2.24) is 4.72 Å². The van der Waals surface area contributed by atoms with E-state index in [1.807, 2.05) is 24.3 Å². The summed E-state index contributed by atoms with van der Waals surface area (Å²) in [4.78, 5) is 14.2. The SMILES string of the molecule is COC1Cc2ccccc2N(C(=O)CS(=O)(=O)NCC2CCCO2)C1. The van der Waals surface area contributed by atoms with Gasteiger partial charge in [-0.25, -0.2) is 13.1 Å². The highest BCUT2D eigenvalue weighted by molar-refractivity contribution is 7.90. The number of para-hydroxylation sites is 1. The molecule has 0 saturated carbocycles. The minimum absolute atomic E-state index is 0.0986. The van der Waals surface area contributed by atoms with E-state index in [9.17, 15) is 13.2 Å². The molecule has 7 nitrogen and oxygen atoms in total. The van der Waals surface area contributed by atoms with Gasteiger partial charge in [-0.1, -0.05) is 18.2 Å². The number of benzene rings is 1. The molecule has 0 aliphatic carbocycles. The average Bonchev–Trinajstić information content (AvgIpc) is 3.12. The van der Waals surface area contributed by atoms with E-state index in [0.29, 0.717) is 19.6 Å². The molecule has 2 heterocycles. The van der Waals surface area contributed by atoms with Crippen LogP contribution in [0.15, 0.2) is 24.3 Å². The monoisotopic (exact) mass is 368 g/mol. The molecule has 1 aromatic carbocycles. The third-order valence-corrected chi connectivity index (χ3v) is 5.85. The standard InChI is InChI=1S/C17H24N2O5S/c1-23-15-9-13-5-2-3-7-16(13)19(11-15)17(20)12-25(21,22)18-10-14-6-4-8-24-14/h2-3,5,7,14-15,18H,4,6,8-12H2,1H3. The van der Waals surface area contributed by atoms with Crippen LogP contribution >= 0.6 is 0 Å². The number of carbonyl (C=O) groups is 1. The number of nitrogens with zero attached hydrogens (tertiary/aromatic N) is 1. The number of anilines is 1. The Bertz CT molecular complexity index is 716. The fourth-order valence-corrected chi connectivity index (χ4v) is 4.29. The lowest BCUT2D eigenvalue weighted by Gasteiger charge is -2.34. The topological polar surface area (TPSA) is 84.9 Å². The van der Waals surface area contributed by atoms with Crippen LogP contribution in [0.3, 0.4) is 0 Å². The van der Waals surface area contributed by atoms with Crippen molar-refractivity contribution >= 4 is 21.6 Å².